The van der Waals surface area contributed by atoms with Gasteiger partial charge in [-0.1, -0.05) is 30.3 Å². The van der Waals surface area contributed by atoms with E-state index >= 15 is 0 Å². The third kappa shape index (κ3) is 2.36. The molecule has 0 bridgehead atoms. The van der Waals surface area contributed by atoms with E-state index in [1.807, 2.05) is 24.3 Å². The number of carbonyl (C=O) groups is 1. The van der Waals surface area contributed by atoms with E-state index in [9.17, 15) is 9.90 Å². The largest absolute Gasteiger partial charge is 0.508 e. The van der Waals surface area contributed by atoms with Crippen LogP contribution in [0.25, 0.3) is 11.0 Å². The lowest BCUT2D eigenvalue weighted by Crippen LogP contribution is -2.22. The van der Waals surface area contributed by atoms with Gasteiger partial charge in [0.1, 0.15) is 17.6 Å². The predicted molar refractivity (Wildman–Crippen MR) is 75.5 cm³/mol. The molecular weight excluding hydrogens is 254 g/mol. The van der Waals surface area contributed by atoms with E-state index in [0.717, 1.165) is 10.9 Å². The highest BCUT2D eigenvalue weighted by Gasteiger charge is 2.12. The molecule has 0 unspecified atom stereocenters. The molecule has 0 aliphatic rings. The number of benzene rings is 2. The number of phenolic OH excluding ortho intramolecular Hbond substituents is 1. The van der Waals surface area contributed by atoms with Gasteiger partial charge in [0, 0.05) is 11.9 Å². The van der Waals surface area contributed by atoms with Crippen LogP contribution >= 0.6 is 0 Å². The molecule has 1 amide bonds. The molecule has 4 nitrogen and oxygen atoms in total. The second kappa shape index (κ2) is 5.09. The number of hydrogen-bond acceptors (Lipinski definition) is 3. The Morgan fingerprint density at radius 1 is 1.10 bits per heavy atom. The first-order valence-electron chi connectivity index (χ1n) is 6.26. The summed E-state index contributed by atoms with van der Waals surface area (Å²) in [6.45, 7) is 0.401. The Kier molecular flexibility index (Phi) is 3.13. The van der Waals surface area contributed by atoms with Crippen LogP contribution in [-0.4, -0.2) is 11.0 Å². The van der Waals surface area contributed by atoms with Gasteiger partial charge >= 0.3 is 0 Å². The van der Waals surface area contributed by atoms with Gasteiger partial charge in [0.05, 0.1) is 5.56 Å². The summed E-state index contributed by atoms with van der Waals surface area (Å²) in [6, 6.07) is 14.1. The van der Waals surface area contributed by atoms with Crippen LogP contribution in [0.2, 0.25) is 0 Å². The summed E-state index contributed by atoms with van der Waals surface area (Å²) in [5.74, 6) is 0.0314. The highest BCUT2D eigenvalue weighted by Crippen LogP contribution is 2.20. The molecule has 3 aromatic rings. The van der Waals surface area contributed by atoms with Crippen molar-refractivity contribution in [3.63, 3.8) is 0 Å². The molecule has 1 aromatic heterocycles. The first kappa shape index (κ1) is 12.3. The van der Waals surface area contributed by atoms with Gasteiger partial charge < -0.3 is 14.8 Å². The van der Waals surface area contributed by atoms with E-state index in [2.05, 4.69) is 5.32 Å². The van der Waals surface area contributed by atoms with Crippen molar-refractivity contribution >= 4 is 16.9 Å². The Bertz CT molecular complexity index is 744. The maximum atomic E-state index is 12.1. The van der Waals surface area contributed by atoms with Crippen molar-refractivity contribution in [1.82, 2.24) is 5.32 Å². The summed E-state index contributed by atoms with van der Waals surface area (Å²) >= 11 is 0. The smallest absolute Gasteiger partial charge is 0.255 e. The summed E-state index contributed by atoms with van der Waals surface area (Å²) in [6.07, 6.45) is 1.47. The molecule has 3 rings (SSSR count). The van der Waals surface area contributed by atoms with Gasteiger partial charge in [0.25, 0.3) is 5.91 Å². The number of aromatic hydroxyl groups is 1. The van der Waals surface area contributed by atoms with Crippen molar-refractivity contribution in [1.29, 1.82) is 0 Å². The van der Waals surface area contributed by atoms with Crippen LogP contribution in [0.15, 0.2) is 59.2 Å². The molecule has 0 radical (unpaired) electrons. The first-order chi connectivity index (χ1) is 9.74. The molecule has 20 heavy (non-hydrogen) atoms. The normalized spacial score (nSPS) is 10.6. The zero-order chi connectivity index (χ0) is 13.9. The summed E-state index contributed by atoms with van der Waals surface area (Å²) in [5.41, 5.74) is 2.14. The van der Waals surface area contributed by atoms with Gasteiger partial charge in [0.15, 0.2) is 0 Å². The summed E-state index contributed by atoms with van der Waals surface area (Å²) in [4.78, 5) is 12.1. The number of furan rings is 1. The lowest BCUT2D eigenvalue weighted by Gasteiger charge is -2.04. The van der Waals surface area contributed by atoms with Crippen LogP contribution in [0, 0.1) is 0 Å². The molecule has 2 N–H and O–H groups in total. The molecule has 2 aromatic carbocycles. The Labute approximate surface area is 115 Å². The van der Waals surface area contributed by atoms with E-state index in [0.29, 0.717) is 17.7 Å². The van der Waals surface area contributed by atoms with Crippen LogP contribution < -0.4 is 5.32 Å². The van der Waals surface area contributed by atoms with Crippen LogP contribution in [0.4, 0.5) is 0 Å². The highest BCUT2D eigenvalue weighted by atomic mass is 16.3. The minimum Gasteiger partial charge on any atom is -0.508 e. The maximum Gasteiger partial charge on any atom is 0.255 e. The monoisotopic (exact) mass is 267 g/mol. The van der Waals surface area contributed by atoms with Gasteiger partial charge in [-0.2, -0.15) is 0 Å². The molecule has 100 valence electrons. The number of amides is 1. The molecule has 0 aliphatic carbocycles. The van der Waals surface area contributed by atoms with E-state index in [-0.39, 0.29) is 11.7 Å². The lowest BCUT2D eigenvalue weighted by molar-refractivity contribution is 0.0951. The molecule has 0 aliphatic heterocycles. The zero-order valence-corrected chi connectivity index (χ0v) is 10.7. The molecule has 0 spiro atoms. The number of phenols is 1. The van der Waals surface area contributed by atoms with Gasteiger partial charge in [0.2, 0.25) is 0 Å². The van der Waals surface area contributed by atoms with Crippen LogP contribution in [-0.2, 0) is 6.54 Å². The van der Waals surface area contributed by atoms with Crippen LogP contribution in [0.1, 0.15) is 15.9 Å². The summed E-state index contributed by atoms with van der Waals surface area (Å²) < 4.78 is 5.34. The fourth-order valence-corrected chi connectivity index (χ4v) is 2.05. The fraction of sp³-hybridized carbons (Fsp3) is 0.0625. The number of carbonyl (C=O) groups excluding carboxylic acids is 1. The second-order valence-electron chi connectivity index (χ2n) is 4.49. The third-order valence-corrected chi connectivity index (χ3v) is 3.12. The number of para-hydroxylation sites is 1. The Hall–Kier alpha value is -2.75. The molecule has 0 fully saturated rings. The first-order valence-corrected chi connectivity index (χ1v) is 6.26. The molecule has 4 heteroatoms. The summed E-state index contributed by atoms with van der Waals surface area (Å²) in [7, 11) is 0. The van der Waals surface area contributed by atoms with Crippen molar-refractivity contribution in [3.8, 4) is 5.75 Å². The SMILES string of the molecule is O=C(NCc1ccc(O)cc1)c1coc2ccccc12. The number of hydrogen-bond donors (Lipinski definition) is 2. The maximum absolute atomic E-state index is 12.1. The van der Waals surface area contributed by atoms with Crippen molar-refractivity contribution in [2.24, 2.45) is 0 Å². The average molecular weight is 267 g/mol. The number of rotatable bonds is 3. The van der Waals surface area contributed by atoms with Crippen molar-refractivity contribution in [2.75, 3.05) is 0 Å². The molecule has 0 saturated carbocycles. The molecule has 0 atom stereocenters. The number of nitrogens with one attached hydrogen (secondary N) is 1. The molecule has 1 heterocycles. The van der Waals surface area contributed by atoms with Gasteiger partial charge in [-0.25, -0.2) is 0 Å². The van der Waals surface area contributed by atoms with Crippen LogP contribution in [0.5, 0.6) is 5.75 Å². The molecular formula is C16H13NO3. The fourth-order valence-electron chi connectivity index (χ4n) is 2.05. The average Bonchev–Trinajstić information content (AvgIpc) is 2.90. The van der Waals surface area contributed by atoms with Crippen molar-refractivity contribution in [3.05, 3.63) is 65.9 Å². The zero-order valence-electron chi connectivity index (χ0n) is 10.7. The Balaban J connectivity index is 1.75. The van der Waals surface area contributed by atoms with E-state index in [1.165, 1.54) is 6.26 Å². The topological polar surface area (TPSA) is 62.5 Å². The molecule has 0 saturated heterocycles. The minimum atomic E-state index is -0.178. The van der Waals surface area contributed by atoms with Crippen molar-refractivity contribution in [2.45, 2.75) is 6.54 Å². The third-order valence-electron chi connectivity index (χ3n) is 3.12. The standard InChI is InChI=1S/C16H13NO3/c18-12-7-5-11(6-8-12)9-17-16(19)14-10-20-15-4-2-1-3-13(14)15/h1-8,10,18H,9H2,(H,17,19). The van der Waals surface area contributed by atoms with Gasteiger partial charge in [-0.3, -0.25) is 4.79 Å². The predicted octanol–water partition coefficient (Wildman–Crippen LogP) is 3.07. The summed E-state index contributed by atoms with van der Waals surface area (Å²) in [5, 5.41) is 12.8. The number of fused-ring (bicyclic) bond motifs is 1. The van der Waals surface area contributed by atoms with E-state index in [4.69, 9.17) is 4.42 Å². The Morgan fingerprint density at radius 2 is 1.85 bits per heavy atom. The van der Waals surface area contributed by atoms with Gasteiger partial charge in [-0.15, -0.1) is 0 Å². The Morgan fingerprint density at radius 3 is 2.65 bits per heavy atom. The van der Waals surface area contributed by atoms with E-state index < -0.39 is 0 Å². The lowest BCUT2D eigenvalue weighted by atomic mass is 10.1. The second-order valence-corrected chi connectivity index (χ2v) is 4.49. The van der Waals surface area contributed by atoms with Crippen LogP contribution in [0.3, 0.4) is 0 Å². The van der Waals surface area contributed by atoms with E-state index in [1.54, 1.807) is 24.3 Å². The van der Waals surface area contributed by atoms with Gasteiger partial charge in [-0.05, 0) is 23.8 Å². The quantitative estimate of drug-likeness (QED) is 0.766. The minimum absolute atomic E-state index is 0.178. The van der Waals surface area contributed by atoms with Crippen molar-refractivity contribution < 1.29 is 14.3 Å². The highest BCUT2D eigenvalue weighted by molar-refractivity contribution is 6.05.